The third-order valence-corrected chi connectivity index (χ3v) is 10.7. The lowest BCUT2D eigenvalue weighted by atomic mass is 9.43. The summed E-state index contributed by atoms with van der Waals surface area (Å²) in [6.45, 7) is 7.45. The van der Waals surface area contributed by atoms with Gasteiger partial charge in [0.25, 0.3) is 0 Å². The molecule has 0 aromatic carbocycles. The maximum atomic E-state index is 12.2. The van der Waals surface area contributed by atoms with Gasteiger partial charge in [0.15, 0.2) is 0 Å². The molecule has 0 radical (unpaired) electrons. The highest BCUT2D eigenvalue weighted by Gasteiger charge is 2.66. The predicted molar refractivity (Wildman–Crippen MR) is 134 cm³/mol. The molecule has 4 aliphatic rings. The summed E-state index contributed by atoms with van der Waals surface area (Å²) in [6, 6.07) is 0. The van der Waals surface area contributed by atoms with E-state index in [9.17, 15) is 10.2 Å². The van der Waals surface area contributed by atoms with E-state index in [0.29, 0.717) is 29.1 Å². The number of hydrogen-bond acceptors (Lipinski definition) is 5. The molecule has 0 heterocycles. The maximum Gasteiger partial charge on any atom is 0.0737 e. The van der Waals surface area contributed by atoms with Crippen molar-refractivity contribution in [3.8, 4) is 0 Å². The Morgan fingerprint density at radius 2 is 1.82 bits per heavy atom. The van der Waals surface area contributed by atoms with Crippen LogP contribution < -0.4 is 5.48 Å². The fraction of sp³-hybridized carbons (Fsp3) is 0.929. The Morgan fingerprint density at radius 1 is 1.00 bits per heavy atom. The molecule has 4 fully saturated rings. The standard InChI is InChI=1S/C28H50N2O3/c1-26-14-12-23(31)20-22(26)9-10-25-24(26)13-15-27(2)21(11-16-28(25,27)32)8-7-17-29-33-19-6-5-18-30(3)4/h7-8,21-25,29,31-32H,5-6,9-20H2,1-4H3/b8-7+/t21?,22?,23?,24-,25-,26+,27-,28-/m1/s1. The molecule has 0 amide bonds. The van der Waals surface area contributed by atoms with E-state index in [4.69, 9.17) is 4.84 Å². The Hall–Kier alpha value is -0.460. The summed E-state index contributed by atoms with van der Waals surface area (Å²) in [5, 5.41) is 22.5. The smallest absolute Gasteiger partial charge is 0.0737 e. The molecule has 0 aliphatic heterocycles. The van der Waals surface area contributed by atoms with E-state index < -0.39 is 5.60 Å². The van der Waals surface area contributed by atoms with Crippen molar-refractivity contribution in [2.24, 2.45) is 34.5 Å². The van der Waals surface area contributed by atoms with Crippen LogP contribution in [0.1, 0.15) is 84.5 Å². The topological polar surface area (TPSA) is 65.0 Å². The van der Waals surface area contributed by atoms with Crippen LogP contribution in [0, 0.1) is 34.5 Å². The van der Waals surface area contributed by atoms with Crippen LogP contribution in [-0.4, -0.2) is 60.6 Å². The van der Waals surface area contributed by atoms with Crippen LogP contribution in [0.4, 0.5) is 0 Å². The van der Waals surface area contributed by atoms with E-state index >= 15 is 0 Å². The van der Waals surface area contributed by atoms with Crippen molar-refractivity contribution in [1.29, 1.82) is 0 Å². The van der Waals surface area contributed by atoms with Gasteiger partial charge in [0.1, 0.15) is 0 Å². The number of fused-ring (bicyclic) bond motifs is 5. The largest absolute Gasteiger partial charge is 0.393 e. The second-order valence-electron chi connectivity index (χ2n) is 12.6. The van der Waals surface area contributed by atoms with Crippen LogP contribution in [0.15, 0.2) is 12.2 Å². The normalized spacial score (nSPS) is 45.2. The average Bonchev–Trinajstić information content (AvgIpc) is 3.04. The molecular weight excluding hydrogens is 412 g/mol. The number of rotatable bonds is 9. The van der Waals surface area contributed by atoms with Crippen molar-refractivity contribution < 1.29 is 15.1 Å². The number of unbranched alkanes of at least 4 members (excludes halogenated alkanes) is 1. The molecule has 0 saturated heterocycles. The second kappa shape index (κ2) is 10.3. The fourth-order valence-corrected chi connectivity index (χ4v) is 8.57. The highest BCUT2D eigenvalue weighted by atomic mass is 16.6. The van der Waals surface area contributed by atoms with Gasteiger partial charge in [-0.15, -0.1) is 0 Å². The number of aliphatic hydroxyl groups is 2. The minimum Gasteiger partial charge on any atom is -0.393 e. The molecular formula is C28H50N2O3. The zero-order valence-corrected chi connectivity index (χ0v) is 21.7. The van der Waals surface area contributed by atoms with Crippen LogP contribution >= 0.6 is 0 Å². The van der Waals surface area contributed by atoms with Gasteiger partial charge in [-0.2, -0.15) is 5.48 Å². The molecule has 5 heteroatoms. The molecule has 3 unspecified atom stereocenters. The summed E-state index contributed by atoms with van der Waals surface area (Å²) in [4.78, 5) is 7.79. The number of hydroxylamine groups is 1. The van der Waals surface area contributed by atoms with E-state index in [1.807, 2.05) is 0 Å². The summed E-state index contributed by atoms with van der Waals surface area (Å²) in [5.41, 5.74) is 2.84. The third kappa shape index (κ3) is 4.82. The third-order valence-electron chi connectivity index (χ3n) is 10.7. The van der Waals surface area contributed by atoms with E-state index in [1.165, 1.54) is 12.8 Å². The zero-order valence-electron chi connectivity index (χ0n) is 21.7. The van der Waals surface area contributed by atoms with Gasteiger partial charge in [-0.05, 0) is 120 Å². The number of nitrogens with one attached hydrogen (secondary N) is 1. The van der Waals surface area contributed by atoms with Crippen LogP contribution in [-0.2, 0) is 4.84 Å². The molecule has 0 bridgehead atoms. The van der Waals surface area contributed by atoms with Gasteiger partial charge in [0.2, 0.25) is 0 Å². The van der Waals surface area contributed by atoms with Crippen LogP contribution in [0.25, 0.3) is 0 Å². The van der Waals surface area contributed by atoms with Crippen LogP contribution in [0.3, 0.4) is 0 Å². The van der Waals surface area contributed by atoms with Gasteiger partial charge in [-0.25, -0.2) is 0 Å². The van der Waals surface area contributed by atoms with Crippen molar-refractivity contribution >= 4 is 0 Å². The summed E-state index contributed by atoms with van der Waals surface area (Å²) in [7, 11) is 4.21. The van der Waals surface area contributed by atoms with Gasteiger partial charge < -0.3 is 20.0 Å². The Labute approximate surface area is 202 Å². The zero-order chi connectivity index (χ0) is 23.7. The van der Waals surface area contributed by atoms with Gasteiger partial charge in [0, 0.05) is 12.0 Å². The lowest BCUT2D eigenvalue weighted by molar-refractivity contribution is -0.207. The fourth-order valence-electron chi connectivity index (χ4n) is 8.57. The van der Waals surface area contributed by atoms with Crippen molar-refractivity contribution in [3.63, 3.8) is 0 Å². The van der Waals surface area contributed by atoms with Crippen LogP contribution in [0.2, 0.25) is 0 Å². The molecule has 4 rings (SSSR count). The lowest BCUT2D eigenvalue weighted by Gasteiger charge is -2.63. The maximum absolute atomic E-state index is 12.2. The first-order valence-corrected chi connectivity index (χ1v) is 13.8. The molecule has 4 aliphatic carbocycles. The van der Waals surface area contributed by atoms with Crippen molar-refractivity contribution in [1.82, 2.24) is 10.4 Å². The minimum atomic E-state index is -0.536. The number of hydrogen-bond donors (Lipinski definition) is 3. The first kappa shape index (κ1) is 25.6. The van der Waals surface area contributed by atoms with Crippen LogP contribution in [0.5, 0.6) is 0 Å². The molecule has 5 nitrogen and oxygen atoms in total. The van der Waals surface area contributed by atoms with E-state index in [-0.39, 0.29) is 11.5 Å². The van der Waals surface area contributed by atoms with Gasteiger partial charge in [0.05, 0.1) is 18.3 Å². The second-order valence-corrected chi connectivity index (χ2v) is 12.6. The molecule has 4 saturated carbocycles. The molecule has 0 aromatic heterocycles. The van der Waals surface area contributed by atoms with Crippen molar-refractivity contribution in [3.05, 3.63) is 12.2 Å². The summed E-state index contributed by atoms with van der Waals surface area (Å²) in [6.07, 6.45) is 16.5. The van der Waals surface area contributed by atoms with Crippen molar-refractivity contribution in [2.45, 2.75) is 96.2 Å². The Bertz CT molecular complexity index is 684. The number of aliphatic hydroxyl groups excluding tert-OH is 1. The van der Waals surface area contributed by atoms with Crippen molar-refractivity contribution in [2.75, 3.05) is 33.8 Å². The van der Waals surface area contributed by atoms with Gasteiger partial charge in [-0.1, -0.05) is 26.0 Å². The molecule has 0 aromatic rings. The Morgan fingerprint density at radius 3 is 2.61 bits per heavy atom. The summed E-state index contributed by atoms with van der Waals surface area (Å²) in [5.74, 6) is 2.13. The SMILES string of the molecule is CN(C)CCCCONC/C=C/C1CC[C@@]2(O)[C@@H]3CCC4CC(O)CC[C@]4(C)[C@@H]3CC[C@]12C. The molecule has 33 heavy (non-hydrogen) atoms. The highest BCUT2D eigenvalue weighted by molar-refractivity contribution is 5.19. The molecule has 190 valence electrons. The molecule has 3 N–H and O–H groups in total. The summed E-state index contributed by atoms with van der Waals surface area (Å²) < 4.78 is 0. The number of nitrogens with zero attached hydrogens (tertiary/aromatic N) is 1. The highest BCUT2D eigenvalue weighted by Crippen LogP contribution is 2.69. The Kier molecular flexibility index (Phi) is 7.97. The molecule has 0 spiro atoms. The quantitative estimate of drug-likeness (QED) is 0.267. The summed E-state index contributed by atoms with van der Waals surface area (Å²) >= 11 is 0. The molecule has 8 atom stereocenters. The number of allylic oxidation sites excluding steroid dienone is 1. The van der Waals surface area contributed by atoms with E-state index in [2.05, 4.69) is 50.5 Å². The Balaban J connectivity index is 1.31. The van der Waals surface area contributed by atoms with Gasteiger partial charge >= 0.3 is 0 Å². The lowest BCUT2D eigenvalue weighted by Crippen LogP contribution is -2.62. The monoisotopic (exact) mass is 462 g/mol. The van der Waals surface area contributed by atoms with E-state index in [1.54, 1.807) is 0 Å². The first-order chi connectivity index (χ1) is 15.7. The predicted octanol–water partition coefficient (Wildman–Crippen LogP) is 4.54. The first-order valence-electron chi connectivity index (χ1n) is 13.8. The minimum absolute atomic E-state index is 0.0188. The average molecular weight is 463 g/mol. The van der Waals surface area contributed by atoms with Gasteiger partial charge in [-0.3, -0.25) is 0 Å². The van der Waals surface area contributed by atoms with E-state index in [0.717, 1.165) is 77.5 Å².